The molecule has 1 aromatic carbocycles. The molecule has 34 heavy (non-hydrogen) atoms. The molecule has 176 valence electrons. The van der Waals surface area contributed by atoms with Crippen molar-refractivity contribution in [3.8, 4) is 6.07 Å². The monoisotopic (exact) mass is 496 g/mol. The Hall–Kier alpha value is -3.42. The molecule has 1 amide bonds. The van der Waals surface area contributed by atoms with Gasteiger partial charge in [-0.3, -0.25) is 23.9 Å². The Balaban J connectivity index is 2.11. The fourth-order valence-electron chi connectivity index (χ4n) is 3.60. The van der Waals surface area contributed by atoms with Crippen LogP contribution in [0.3, 0.4) is 0 Å². The van der Waals surface area contributed by atoms with Gasteiger partial charge < -0.3 is 10.4 Å². The van der Waals surface area contributed by atoms with Gasteiger partial charge in [-0.1, -0.05) is 61.2 Å². The molecular formula is C24H24N4O4S2. The number of carboxylic acid groups (broad SMARTS) is 1. The fourth-order valence-corrected chi connectivity index (χ4v) is 4.89. The van der Waals surface area contributed by atoms with E-state index in [1.54, 1.807) is 13.0 Å². The number of amides is 1. The first-order chi connectivity index (χ1) is 16.3. The summed E-state index contributed by atoms with van der Waals surface area (Å²) in [5, 5.41) is 22.0. The van der Waals surface area contributed by atoms with Crippen LogP contribution in [-0.4, -0.2) is 37.3 Å². The maximum absolute atomic E-state index is 13.1. The molecule has 0 radical (unpaired) electrons. The molecule has 1 saturated heterocycles. The first kappa shape index (κ1) is 25.2. The highest BCUT2D eigenvalue weighted by molar-refractivity contribution is 8.26. The number of anilines is 1. The minimum Gasteiger partial charge on any atom is -0.481 e. The van der Waals surface area contributed by atoms with Gasteiger partial charge in [0.25, 0.3) is 11.5 Å². The molecule has 0 atom stereocenters. The van der Waals surface area contributed by atoms with Crippen LogP contribution in [0.1, 0.15) is 42.0 Å². The molecule has 0 saturated carbocycles. The van der Waals surface area contributed by atoms with E-state index in [1.807, 2.05) is 43.3 Å². The second kappa shape index (κ2) is 11.1. The number of rotatable bonds is 9. The SMILES string of the molecule is CCCn1c(NCc2ccccc2)c(/C=C2/SC(=S)N(CCC(=O)O)C2=O)c(C)c(C#N)c1=O. The lowest BCUT2D eigenvalue weighted by Crippen LogP contribution is -2.30. The first-order valence-corrected chi connectivity index (χ1v) is 11.9. The van der Waals surface area contributed by atoms with Crippen LogP contribution in [0.15, 0.2) is 40.0 Å². The number of hydrogen-bond acceptors (Lipinski definition) is 7. The average Bonchev–Trinajstić information content (AvgIpc) is 3.08. The van der Waals surface area contributed by atoms with Gasteiger partial charge in [-0.25, -0.2) is 0 Å². The molecule has 8 nitrogen and oxygen atoms in total. The number of hydrogen-bond donors (Lipinski definition) is 2. The fraction of sp³-hybridized carbons (Fsp3) is 0.292. The third kappa shape index (κ3) is 5.38. The molecule has 3 rings (SSSR count). The van der Waals surface area contributed by atoms with Gasteiger partial charge >= 0.3 is 5.97 Å². The van der Waals surface area contributed by atoms with Crippen molar-refractivity contribution in [3.05, 3.63) is 67.8 Å². The van der Waals surface area contributed by atoms with Crippen LogP contribution in [0.5, 0.6) is 0 Å². The summed E-state index contributed by atoms with van der Waals surface area (Å²) in [6.07, 6.45) is 2.09. The van der Waals surface area contributed by atoms with Crippen LogP contribution in [-0.2, 0) is 22.7 Å². The molecule has 10 heteroatoms. The number of carbonyl (C=O) groups excluding carboxylic acids is 1. The van der Waals surface area contributed by atoms with Gasteiger partial charge in [0.05, 0.1) is 11.3 Å². The van der Waals surface area contributed by atoms with Crippen LogP contribution < -0.4 is 10.9 Å². The lowest BCUT2D eigenvalue weighted by molar-refractivity contribution is -0.137. The van der Waals surface area contributed by atoms with E-state index < -0.39 is 11.9 Å². The number of pyridine rings is 1. The minimum atomic E-state index is -1.02. The van der Waals surface area contributed by atoms with Crippen LogP contribution in [0, 0.1) is 18.3 Å². The molecule has 2 heterocycles. The van der Waals surface area contributed by atoms with Crippen LogP contribution in [0.4, 0.5) is 5.82 Å². The van der Waals surface area contributed by atoms with Crippen molar-refractivity contribution < 1.29 is 14.7 Å². The Bertz CT molecular complexity index is 1260. The number of carbonyl (C=O) groups is 2. The molecule has 1 aliphatic rings. The quantitative estimate of drug-likeness (QED) is 0.399. The second-order valence-corrected chi connectivity index (χ2v) is 9.32. The lowest BCUT2D eigenvalue weighted by Gasteiger charge is -2.20. The molecule has 1 aliphatic heterocycles. The van der Waals surface area contributed by atoms with Gasteiger partial charge in [-0.05, 0) is 30.5 Å². The van der Waals surface area contributed by atoms with Gasteiger partial charge in [0.15, 0.2) is 0 Å². The molecule has 1 aromatic heterocycles. The standard InChI is InChI=1S/C24H24N4O4S2/c1-3-10-27-21(26-14-16-7-5-4-6-8-16)17(15(2)18(13-25)22(27)31)12-19-23(32)28(24(33)34-19)11-9-20(29)30/h4-8,12,26H,3,9-11,14H2,1-2H3,(H,29,30)/b19-12+. The summed E-state index contributed by atoms with van der Waals surface area (Å²) in [7, 11) is 0. The van der Waals surface area contributed by atoms with E-state index in [0.29, 0.717) is 41.4 Å². The Kier molecular flexibility index (Phi) is 8.26. The van der Waals surface area contributed by atoms with Crippen molar-refractivity contribution in [3.63, 3.8) is 0 Å². The van der Waals surface area contributed by atoms with Gasteiger partial charge in [-0.2, -0.15) is 5.26 Å². The Morgan fingerprint density at radius 2 is 1.97 bits per heavy atom. The Morgan fingerprint density at radius 3 is 2.59 bits per heavy atom. The van der Waals surface area contributed by atoms with Crippen molar-refractivity contribution in [2.75, 3.05) is 11.9 Å². The summed E-state index contributed by atoms with van der Waals surface area (Å²) in [6, 6.07) is 11.7. The van der Waals surface area contributed by atoms with Crippen molar-refractivity contribution in [1.29, 1.82) is 5.26 Å². The summed E-state index contributed by atoms with van der Waals surface area (Å²) in [4.78, 5) is 38.6. The topological polar surface area (TPSA) is 115 Å². The van der Waals surface area contributed by atoms with Gasteiger partial charge in [0, 0.05) is 25.2 Å². The molecule has 0 spiro atoms. The zero-order chi connectivity index (χ0) is 24.8. The van der Waals surface area contributed by atoms with Crippen LogP contribution >= 0.6 is 24.0 Å². The summed E-state index contributed by atoms with van der Waals surface area (Å²) in [5.74, 6) is -0.897. The van der Waals surface area contributed by atoms with Crippen molar-refractivity contribution in [1.82, 2.24) is 9.47 Å². The maximum Gasteiger partial charge on any atom is 0.305 e. The normalized spacial score (nSPS) is 14.5. The zero-order valence-corrected chi connectivity index (χ0v) is 20.5. The molecule has 1 fully saturated rings. The van der Waals surface area contributed by atoms with E-state index in [2.05, 4.69) is 5.32 Å². The predicted molar refractivity (Wildman–Crippen MR) is 136 cm³/mol. The van der Waals surface area contributed by atoms with Gasteiger partial charge in [0.2, 0.25) is 0 Å². The van der Waals surface area contributed by atoms with E-state index in [9.17, 15) is 19.6 Å². The Labute approximate surface area is 206 Å². The number of thioether (sulfide) groups is 1. The lowest BCUT2D eigenvalue weighted by atomic mass is 10.0. The van der Waals surface area contributed by atoms with E-state index >= 15 is 0 Å². The predicted octanol–water partition coefficient (Wildman–Crippen LogP) is 3.73. The summed E-state index contributed by atoms with van der Waals surface area (Å²) < 4.78 is 1.81. The van der Waals surface area contributed by atoms with Gasteiger partial charge in [-0.15, -0.1) is 0 Å². The first-order valence-electron chi connectivity index (χ1n) is 10.7. The highest BCUT2D eigenvalue weighted by Crippen LogP contribution is 2.35. The summed E-state index contributed by atoms with van der Waals surface area (Å²) >= 11 is 6.37. The van der Waals surface area contributed by atoms with E-state index in [-0.39, 0.29) is 28.4 Å². The summed E-state index contributed by atoms with van der Waals surface area (Å²) in [5.41, 5.74) is 1.66. The van der Waals surface area contributed by atoms with E-state index in [1.165, 1.54) is 9.47 Å². The van der Waals surface area contributed by atoms with Crippen molar-refractivity contribution in [2.24, 2.45) is 0 Å². The zero-order valence-electron chi connectivity index (χ0n) is 18.8. The number of aliphatic carboxylic acids is 1. The molecule has 2 aromatic rings. The van der Waals surface area contributed by atoms with Crippen molar-refractivity contribution >= 4 is 52.1 Å². The number of nitriles is 1. The maximum atomic E-state index is 13.1. The molecule has 0 bridgehead atoms. The summed E-state index contributed by atoms with van der Waals surface area (Å²) in [6.45, 7) is 4.43. The minimum absolute atomic E-state index is 0.0196. The molecular weight excluding hydrogens is 472 g/mol. The smallest absolute Gasteiger partial charge is 0.305 e. The van der Waals surface area contributed by atoms with E-state index in [0.717, 1.165) is 17.3 Å². The number of aromatic nitrogens is 1. The highest BCUT2D eigenvalue weighted by atomic mass is 32.2. The van der Waals surface area contributed by atoms with E-state index in [4.69, 9.17) is 17.3 Å². The second-order valence-electron chi connectivity index (χ2n) is 7.65. The number of nitrogens with one attached hydrogen (secondary N) is 1. The van der Waals surface area contributed by atoms with Crippen molar-refractivity contribution in [2.45, 2.75) is 39.8 Å². The Morgan fingerprint density at radius 1 is 1.26 bits per heavy atom. The van der Waals surface area contributed by atoms with Crippen LogP contribution in [0.2, 0.25) is 0 Å². The number of carboxylic acids is 1. The van der Waals surface area contributed by atoms with Gasteiger partial charge in [0.1, 0.15) is 21.8 Å². The highest BCUT2D eigenvalue weighted by Gasteiger charge is 2.33. The van der Waals surface area contributed by atoms with Crippen LogP contribution in [0.25, 0.3) is 6.08 Å². The number of nitrogens with zero attached hydrogens (tertiary/aromatic N) is 3. The largest absolute Gasteiger partial charge is 0.481 e. The molecule has 0 unspecified atom stereocenters. The number of benzene rings is 1. The molecule has 2 N–H and O–H groups in total. The third-order valence-corrected chi connectivity index (χ3v) is 6.70. The average molecular weight is 497 g/mol. The molecule has 0 aliphatic carbocycles. The third-order valence-electron chi connectivity index (χ3n) is 5.32. The number of thiocarbonyl (C=S) groups is 1.